The van der Waals surface area contributed by atoms with Crippen molar-refractivity contribution in [1.29, 1.82) is 0 Å². The number of ether oxygens (including phenoxy) is 2. The van der Waals surface area contributed by atoms with E-state index in [2.05, 4.69) is 15.8 Å². The number of imide groups is 1. The molecule has 1 aliphatic heterocycles. The number of urea groups is 2. The van der Waals surface area contributed by atoms with Crippen molar-refractivity contribution < 1.29 is 37.8 Å². The van der Waals surface area contributed by atoms with Crippen molar-refractivity contribution in [3.63, 3.8) is 0 Å². The summed E-state index contributed by atoms with van der Waals surface area (Å²) in [6.45, 7) is -0.464. The molecule has 1 unspecified atom stereocenters. The number of halogens is 2. The number of hydrogen-bond donors (Lipinski definition) is 3. The van der Waals surface area contributed by atoms with Gasteiger partial charge >= 0.3 is 18.0 Å². The lowest BCUT2D eigenvalue weighted by Crippen LogP contribution is -2.55. The van der Waals surface area contributed by atoms with Gasteiger partial charge in [0.05, 0.1) is 37.7 Å². The van der Waals surface area contributed by atoms with Crippen molar-refractivity contribution in [1.82, 2.24) is 15.5 Å². The fourth-order valence-corrected chi connectivity index (χ4v) is 2.74. The number of methoxy groups -OCH3 is 2. The lowest BCUT2D eigenvalue weighted by Gasteiger charge is -2.36. The van der Waals surface area contributed by atoms with E-state index in [0.717, 1.165) is 31.5 Å². The van der Waals surface area contributed by atoms with Crippen LogP contribution in [-0.4, -0.2) is 61.7 Å². The van der Waals surface area contributed by atoms with E-state index < -0.39 is 35.7 Å². The summed E-state index contributed by atoms with van der Waals surface area (Å²) in [5.41, 5.74) is -0.260. The first-order valence-corrected chi connectivity index (χ1v) is 8.14. The van der Waals surface area contributed by atoms with Gasteiger partial charge in [-0.1, -0.05) is 6.07 Å². The molecule has 12 heteroatoms. The molecule has 2 rings (SSSR count). The smallest absolute Gasteiger partial charge is 0.338 e. The summed E-state index contributed by atoms with van der Waals surface area (Å²) in [6.07, 6.45) is 0.944. The molecule has 4 amide bonds. The molecule has 1 aromatic carbocycles. The second kappa shape index (κ2) is 9.59. The van der Waals surface area contributed by atoms with E-state index in [4.69, 9.17) is 14.7 Å². The number of nitrogens with one attached hydrogen (secondary N) is 2. The van der Waals surface area contributed by atoms with Gasteiger partial charge in [0.25, 0.3) is 0 Å². The standard InChI is InChI=1S/C17H18F2N4O6/c1-28-8-12-13(15(24)29-2)14(9-3-4-10(18)11(19)7-9)23(17(26)22-12)16(25)20-5-6-21-27/h3-4,6-7,14,27H,5,8H2,1-2H3,(H,20,25)(H,22,26)/b21-6-. The maximum absolute atomic E-state index is 13.9. The zero-order valence-corrected chi connectivity index (χ0v) is 15.4. The summed E-state index contributed by atoms with van der Waals surface area (Å²) in [5.74, 6) is -3.30. The fourth-order valence-electron chi connectivity index (χ4n) is 2.74. The molecule has 0 aliphatic carbocycles. The van der Waals surface area contributed by atoms with Gasteiger partial charge < -0.3 is 25.3 Å². The Labute approximate surface area is 163 Å². The first-order valence-electron chi connectivity index (χ1n) is 8.14. The van der Waals surface area contributed by atoms with Crippen LogP contribution in [0.15, 0.2) is 34.6 Å². The van der Waals surface area contributed by atoms with Gasteiger partial charge in [-0.2, -0.15) is 0 Å². The van der Waals surface area contributed by atoms with Gasteiger partial charge in [0.15, 0.2) is 11.6 Å². The third-order valence-electron chi connectivity index (χ3n) is 3.93. The molecule has 0 fully saturated rings. The van der Waals surface area contributed by atoms with Crippen LogP contribution in [0.2, 0.25) is 0 Å². The highest BCUT2D eigenvalue weighted by Gasteiger charge is 2.43. The molecule has 156 valence electrons. The Kier molecular flexibility index (Phi) is 7.20. The Morgan fingerprint density at radius 1 is 1.34 bits per heavy atom. The number of rotatable bonds is 6. The van der Waals surface area contributed by atoms with E-state index in [-0.39, 0.29) is 30.0 Å². The van der Waals surface area contributed by atoms with Gasteiger partial charge in [-0.25, -0.2) is 28.1 Å². The van der Waals surface area contributed by atoms with Crippen LogP contribution in [0.1, 0.15) is 11.6 Å². The van der Waals surface area contributed by atoms with Crippen molar-refractivity contribution in [3.05, 3.63) is 46.7 Å². The maximum Gasteiger partial charge on any atom is 0.338 e. The van der Waals surface area contributed by atoms with Crippen LogP contribution < -0.4 is 10.6 Å². The molecule has 3 N–H and O–H groups in total. The summed E-state index contributed by atoms with van der Waals surface area (Å²) in [5, 5.41) is 15.8. The van der Waals surface area contributed by atoms with Crippen LogP contribution in [0.4, 0.5) is 18.4 Å². The number of carbonyl (C=O) groups excluding carboxylic acids is 3. The Balaban J connectivity index is 2.64. The molecule has 10 nitrogen and oxygen atoms in total. The molecule has 0 saturated carbocycles. The Bertz CT molecular complexity index is 873. The summed E-state index contributed by atoms with van der Waals surface area (Å²) in [7, 11) is 2.40. The molecule has 0 bridgehead atoms. The third kappa shape index (κ3) is 4.66. The summed E-state index contributed by atoms with van der Waals surface area (Å²) >= 11 is 0. The molecular formula is C17H18F2N4O6. The second-order valence-corrected chi connectivity index (χ2v) is 5.68. The number of hydrogen-bond acceptors (Lipinski definition) is 7. The quantitative estimate of drug-likeness (QED) is 0.279. The molecular weight excluding hydrogens is 394 g/mol. The number of benzene rings is 1. The lowest BCUT2D eigenvalue weighted by molar-refractivity contribution is -0.137. The van der Waals surface area contributed by atoms with Gasteiger partial charge in [0.1, 0.15) is 6.04 Å². The Hall–Kier alpha value is -3.54. The first-order chi connectivity index (χ1) is 13.8. The normalized spacial score (nSPS) is 16.8. The van der Waals surface area contributed by atoms with Crippen LogP contribution in [0, 0.1) is 11.6 Å². The monoisotopic (exact) mass is 412 g/mol. The minimum Gasteiger partial charge on any atom is -0.466 e. The average molecular weight is 412 g/mol. The van der Waals surface area contributed by atoms with Crippen LogP contribution in [-0.2, 0) is 14.3 Å². The first kappa shape index (κ1) is 21.8. The lowest BCUT2D eigenvalue weighted by atomic mass is 9.93. The largest absolute Gasteiger partial charge is 0.466 e. The average Bonchev–Trinajstić information content (AvgIpc) is 2.69. The molecule has 29 heavy (non-hydrogen) atoms. The van der Waals surface area contributed by atoms with Crippen molar-refractivity contribution in [2.45, 2.75) is 6.04 Å². The molecule has 0 spiro atoms. The van der Waals surface area contributed by atoms with Gasteiger partial charge in [0.2, 0.25) is 0 Å². The van der Waals surface area contributed by atoms with Crippen molar-refractivity contribution in [2.75, 3.05) is 27.4 Å². The highest BCUT2D eigenvalue weighted by atomic mass is 19.2. The minimum atomic E-state index is -1.44. The van der Waals surface area contributed by atoms with Gasteiger partial charge in [-0.05, 0) is 17.7 Å². The van der Waals surface area contributed by atoms with Crippen molar-refractivity contribution in [2.24, 2.45) is 5.16 Å². The van der Waals surface area contributed by atoms with E-state index in [0.29, 0.717) is 4.90 Å². The minimum absolute atomic E-state index is 0.0000499. The molecule has 1 aliphatic rings. The maximum atomic E-state index is 13.9. The molecule has 0 aromatic heterocycles. The number of nitrogens with zero attached hydrogens (tertiary/aromatic N) is 2. The molecule has 0 radical (unpaired) electrons. The number of oxime groups is 1. The van der Waals surface area contributed by atoms with Crippen LogP contribution >= 0.6 is 0 Å². The third-order valence-corrected chi connectivity index (χ3v) is 3.93. The van der Waals surface area contributed by atoms with Crippen molar-refractivity contribution in [3.8, 4) is 0 Å². The zero-order chi connectivity index (χ0) is 21.6. The van der Waals surface area contributed by atoms with Gasteiger partial charge in [-0.15, -0.1) is 5.16 Å². The summed E-state index contributed by atoms with van der Waals surface area (Å²) < 4.78 is 37.0. The SMILES string of the molecule is COCC1=C(C(=O)OC)C(c2ccc(F)c(F)c2)N(C(=O)NC/C=N\O)C(=O)N1. The van der Waals surface area contributed by atoms with Crippen LogP contribution in [0.25, 0.3) is 0 Å². The zero-order valence-electron chi connectivity index (χ0n) is 15.4. The number of carbonyl (C=O) groups is 3. The van der Waals surface area contributed by atoms with E-state index in [9.17, 15) is 23.2 Å². The predicted molar refractivity (Wildman–Crippen MR) is 94.1 cm³/mol. The van der Waals surface area contributed by atoms with Gasteiger partial charge in [-0.3, -0.25) is 0 Å². The predicted octanol–water partition coefficient (Wildman–Crippen LogP) is 1.27. The van der Waals surface area contributed by atoms with Crippen LogP contribution in [0.3, 0.4) is 0 Å². The van der Waals surface area contributed by atoms with E-state index >= 15 is 0 Å². The molecule has 1 aromatic rings. The summed E-state index contributed by atoms with van der Waals surface area (Å²) in [4.78, 5) is 38.2. The number of amides is 4. The van der Waals surface area contributed by atoms with E-state index in [1.165, 1.54) is 7.11 Å². The van der Waals surface area contributed by atoms with Gasteiger partial charge in [0, 0.05) is 7.11 Å². The highest BCUT2D eigenvalue weighted by molar-refractivity contribution is 6.02. The highest BCUT2D eigenvalue weighted by Crippen LogP contribution is 2.35. The van der Waals surface area contributed by atoms with Crippen LogP contribution in [0.5, 0.6) is 0 Å². The molecule has 1 atom stereocenters. The van der Waals surface area contributed by atoms with E-state index in [1.807, 2.05) is 0 Å². The van der Waals surface area contributed by atoms with E-state index in [1.54, 1.807) is 0 Å². The number of esters is 1. The fraction of sp³-hybridized carbons (Fsp3) is 0.294. The summed E-state index contributed by atoms with van der Waals surface area (Å²) in [6, 6.07) is -0.682. The molecule has 1 heterocycles. The Morgan fingerprint density at radius 3 is 2.66 bits per heavy atom. The second-order valence-electron chi connectivity index (χ2n) is 5.68. The van der Waals surface area contributed by atoms with Crippen molar-refractivity contribution >= 4 is 24.2 Å². The Morgan fingerprint density at radius 2 is 2.07 bits per heavy atom. The topological polar surface area (TPSA) is 130 Å². The molecule has 0 saturated heterocycles.